The van der Waals surface area contributed by atoms with Crippen molar-refractivity contribution < 1.29 is 5.11 Å². The Balaban J connectivity index is 1.64. The number of aliphatic hydroxyl groups excluding tert-OH is 1. The molecule has 1 aliphatic rings. The van der Waals surface area contributed by atoms with Crippen molar-refractivity contribution in [2.45, 2.75) is 50.7 Å². The molecule has 3 rings (SSSR count). The van der Waals surface area contributed by atoms with Crippen molar-refractivity contribution in [1.82, 2.24) is 9.78 Å². The molecule has 1 aliphatic carbocycles. The zero-order chi connectivity index (χ0) is 13.9. The summed E-state index contributed by atoms with van der Waals surface area (Å²) in [5.41, 5.74) is 0.979. The molecule has 1 N–H and O–H groups in total. The van der Waals surface area contributed by atoms with Gasteiger partial charge < -0.3 is 5.11 Å². The lowest BCUT2D eigenvalue weighted by atomic mass is 9.96. The third kappa shape index (κ3) is 3.32. The summed E-state index contributed by atoms with van der Waals surface area (Å²) < 4.78 is 3.16. The second kappa shape index (κ2) is 6.41. The van der Waals surface area contributed by atoms with Gasteiger partial charge in [-0.05, 0) is 47.0 Å². The predicted molar refractivity (Wildman–Crippen MR) is 85.0 cm³/mol. The van der Waals surface area contributed by atoms with Crippen LogP contribution in [0.4, 0.5) is 0 Å². The molecule has 108 valence electrons. The molecule has 0 radical (unpaired) electrons. The number of hydrogen-bond donors (Lipinski definition) is 1. The van der Waals surface area contributed by atoms with Gasteiger partial charge in [0.1, 0.15) is 0 Å². The summed E-state index contributed by atoms with van der Waals surface area (Å²) in [6.45, 7) is 0. The second-order valence-electron chi connectivity index (χ2n) is 5.44. The van der Waals surface area contributed by atoms with Crippen LogP contribution < -0.4 is 0 Å². The summed E-state index contributed by atoms with van der Waals surface area (Å²) >= 11 is 5.01. The first-order chi connectivity index (χ1) is 9.72. The first kappa shape index (κ1) is 14.3. The fraction of sp³-hybridized carbons (Fsp3) is 0.533. The van der Waals surface area contributed by atoms with Crippen LogP contribution in [0.5, 0.6) is 0 Å². The number of aliphatic hydroxyl groups is 1. The molecule has 0 spiro atoms. The minimum Gasteiger partial charge on any atom is -0.387 e. The Morgan fingerprint density at radius 2 is 2.10 bits per heavy atom. The van der Waals surface area contributed by atoms with Gasteiger partial charge in [0.15, 0.2) is 0 Å². The van der Waals surface area contributed by atoms with Crippen molar-refractivity contribution in [3.63, 3.8) is 0 Å². The molecule has 20 heavy (non-hydrogen) atoms. The van der Waals surface area contributed by atoms with Gasteiger partial charge in [-0.2, -0.15) is 5.10 Å². The van der Waals surface area contributed by atoms with Crippen LogP contribution in [0.2, 0.25) is 0 Å². The van der Waals surface area contributed by atoms with Gasteiger partial charge in [0.25, 0.3) is 0 Å². The van der Waals surface area contributed by atoms with Crippen LogP contribution in [0.25, 0.3) is 0 Å². The highest BCUT2D eigenvalue weighted by Crippen LogP contribution is 2.30. The van der Waals surface area contributed by atoms with E-state index in [4.69, 9.17) is 0 Å². The zero-order valence-corrected chi connectivity index (χ0v) is 13.7. The number of aromatic nitrogens is 2. The molecule has 2 aromatic heterocycles. The Morgan fingerprint density at radius 1 is 1.30 bits per heavy atom. The summed E-state index contributed by atoms with van der Waals surface area (Å²) in [6.07, 6.45) is 8.66. The van der Waals surface area contributed by atoms with Gasteiger partial charge in [0.2, 0.25) is 0 Å². The number of hydrogen-bond acceptors (Lipinski definition) is 3. The van der Waals surface area contributed by atoms with E-state index in [1.54, 1.807) is 11.3 Å². The van der Waals surface area contributed by atoms with Crippen LogP contribution in [-0.2, 0) is 6.42 Å². The largest absolute Gasteiger partial charge is 0.387 e. The summed E-state index contributed by atoms with van der Waals surface area (Å²) in [7, 11) is 0. The normalized spacial score (nSPS) is 18.3. The van der Waals surface area contributed by atoms with E-state index in [0.717, 1.165) is 14.4 Å². The summed E-state index contributed by atoms with van der Waals surface area (Å²) in [4.78, 5) is 0.990. The molecule has 0 saturated heterocycles. The van der Waals surface area contributed by atoms with Crippen molar-refractivity contribution in [3.8, 4) is 0 Å². The van der Waals surface area contributed by atoms with E-state index in [-0.39, 0.29) is 0 Å². The van der Waals surface area contributed by atoms with Crippen LogP contribution in [0, 0.1) is 0 Å². The van der Waals surface area contributed by atoms with Crippen molar-refractivity contribution in [1.29, 1.82) is 0 Å². The maximum atomic E-state index is 10.2. The van der Waals surface area contributed by atoms with Gasteiger partial charge in [-0.3, -0.25) is 4.68 Å². The quantitative estimate of drug-likeness (QED) is 0.878. The van der Waals surface area contributed by atoms with E-state index in [1.807, 2.05) is 18.2 Å². The molecule has 1 fully saturated rings. The minimum absolute atomic E-state index is 0.457. The Hall–Kier alpha value is -0.650. The van der Waals surface area contributed by atoms with E-state index in [0.29, 0.717) is 12.5 Å². The molecule has 1 atom stereocenters. The molecule has 1 saturated carbocycles. The van der Waals surface area contributed by atoms with Crippen LogP contribution in [0.3, 0.4) is 0 Å². The van der Waals surface area contributed by atoms with Gasteiger partial charge in [-0.15, -0.1) is 11.3 Å². The van der Waals surface area contributed by atoms with Crippen molar-refractivity contribution in [3.05, 3.63) is 38.8 Å². The lowest BCUT2D eigenvalue weighted by Crippen LogP contribution is -2.13. The molecule has 5 heteroatoms. The molecule has 0 aliphatic heterocycles. The smallest absolute Gasteiger partial charge is 0.0938 e. The molecule has 0 aromatic carbocycles. The Morgan fingerprint density at radius 3 is 2.80 bits per heavy atom. The Bertz CT molecular complexity index is 560. The number of nitrogens with zero attached hydrogens (tertiary/aromatic N) is 2. The third-order valence-corrected chi connectivity index (χ3v) is 5.66. The number of thiophene rings is 1. The third-order valence-electron chi connectivity index (χ3n) is 3.94. The number of rotatable bonds is 4. The fourth-order valence-corrected chi connectivity index (χ4v) is 4.25. The second-order valence-corrected chi connectivity index (χ2v) is 7.94. The lowest BCUT2D eigenvalue weighted by Gasteiger charge is -2.21. The van der Waals surface area contributed by atoms with Crippen LogP contribution >= 0.6 is 27.3 Å². The van der Waals surface area contributed by atoms with Crippen molar-refractivity contribution >= 4 is 27.3 Å². The molecule has 2 aromatic rings. The molecular formula is C15H19BrN2OS. The minimum atomic E-state index is -0.457. The number of halogens is 1. The molecule has 2 heterocycles. The molecule has 3 nitrogen and oxygen atoms in total. The molecular weight excluding hydrogens is 336 g/mol. The lowest BCUT2D eigenvalue weighted by molar-refractivity contribution is 0.180. The molecule has 0 amide bonds. The van der Waals surface area contributed by atoms with E-state index < -0.39 is 6.10 Å². The standard InChI is InChI=1S/C15H19BrN2OS/c16-15-7-6-14(20-15)13(19)10-11-8-9-18(17-11)12-4-2-1-3-5-12/h6-9,12-13,19H,1-5,10H2. The van der Waals surface area contributed by atoms with E-state index in [2.05, 4.69) is 31.9 Å². The van der Waals surface area contributed by atoms with E-state index in [9.17, 15) is 5.11 Å². The average Bonchev–Trinajstić information content (AvgIpc) is 3.09. The highest BCUT2D eigenvalue weighted by Gasteiger charge is 2.17. The first-order valence-electron chi connectivity index (χ1n) is 7.20. The Labute approximate surface area is 131 Å². The van der Waals surface area contributed by atoms with Crippen molar-refractivity contribution in [2.75, 3.05) is 0 Å². The van der Waals surface area contributed by atoms with Gasteiger partial charge in [0, 0.05) is 17.5 Å². The van der Waals surface area contributed by atoms with Crippen molar-refractivity contribution in [2.24, 2.45) is 0 Å². The average molecular weight is 355 g/mol. The summed E-state index contributed by atoms with van der Waals surface area (Å²) in [5, 5.41) is 14.9. The van der Waals surface area contributed by atoms with Crippen LogP contribution in [0.1, 0.15) is 54.8 Å². The monoisotopic (exact) mass is 354 g/mol. The van der Waals surface area contributed by atoms with Gasteiger partial charge in [-0.25, -0.2) is 0 Å². The highest BCUT2D eigenvalue weighted by atomic mass is 79.9. The van der Waals surface area contributed by atoms with Gasteiger partial charge in [0.05, 0.1) is 21.6 Å². The van der Waals surface area contributed by atoms with Gasteiger partial charge >= 0.3 is 0 Å². The maximum absolute atomic E-state index is 10.2. The first-order valence-corrected chi connectivity index (χ1v) is 8.80. The van der Waals surface area contributed by atoms with E-state index in [1.165, 1.54) is 32.1 Å². The summed E-state index contributed by atoms with van der Waals surface area (Å²) in [6, 6.07) is 6.55. The molecule has 0 bridgehead atoms. The topological polar surface area (TPSA) is 38.0 Å². The zero-order valence-electron chi connectivity index (χ0n) is 11.3. The summed E-state index contributed by atoms with van der Waals surface area (Å²) in [5.74, 6) is 0. The van der Waals surface area contributed by atoms with Crippen LogP contribution in [-0.4, -0.2) is 14.9 Å². The molecule has 1 unspecified atom stereocenters. The predicted octanol–water partition coefficient (Wildman–Crippen LogP) is 4.49. The van der Waals surface area contributed by atoms with Crippen LogP contribution in [0.15, 0.2) is 28.2 Å². The SMILES string of the molecule is OC(Cc1ccn(C2CCCCC2)n1)c1ccc(Br)s1. The van der Waals surface area contributed by atoms with Gasteiger partial charge in [-0.1, -0.05) is 19.3 Å². The fourth-order valence-electron chi connectivity index (χ4n) is 2.84. The van der Waals surface area contributed by atoms with E-state index >= 15 is 0 Å². The maximum Gasteiger partial charge on any atom is 0.0938 e. The Kier molecular flexibility index (Phi) is 4.58. The highest BCUT2D eigenvalue weighted by molar-refractivity contribution is 9.11.